The first-order valence-corrected chi connectivity index (χ1v) is 7.70. The number of nitrogens with two attached hydrogens (primary N) is 1. The van der Waals surface area contributed by atoms with E-state index in [-0.39, 0.29) is 12.1 Å². The van der Waals surface area contributed by atoms with Crippen molar-refractivity contribution < 1.29 is 4.74 Å². The second-order valence-corrected chi connectivity index (χ2v) is 6.20. The van der Waals surface area contributed by atoms with Crippen LogP contribution >= 0.6 is 11.6 Å². The molecule has 5 heteroatoms. The lowest BCUT2D eigenvalue weighted by Gasteiger charge is -2.38. The number of hydrazine groups is 1. The van der Waals surface area contributed by atoms with Crippen molar-refractivity contribution in [1.82, 2.24) is 10.3 Å². The van der Waals surface area contributed by atoms with Crippen LogP contribution in [-0.2, 0) is 11.2 Å². The van der Waals surface area contributed by atoms with E-state index in [9.17, 15) is 0 Å². The highest BCUT2D eigenvalue weighted by Crippen LogP contribution is 2.24. The average Bonchev–Trinajstić information content (AvgIpc) is 2.94. The third-order valence-electron chi connectivity index (χ3n) is 4.45. The summed E-state index contributed by atoms with van der Waals surface area (Å²) in [6.07, 6.45) is 3.57. The maximum atomic E-state index is 6.03. The topological polar surface area (TPSA) is 50.5 Å². The number of hydrogen-bond acceptors (Lipinski definition) is 4. The van der Waals surface area contributed by atoms with Gasteiger partial charge in [0, 0.05) is 17.6 Å². The lowest BCUT2D eigenvalue weighted by Crippen LogP contribution is -2.56. The first-order valence-electron chi connectivity index (χ1n) is 7.32. The van der Waals surface area contributed by atoms with Gasteiger partial charge < -0.3 is 4.74 Å². The minimum absolute atomic E-state index is 0.137. The van der Waals surface area contributed by atoms with Crippen LogP contribution in [-0.4, -0.2) is 42.8 Å². The highest BCUT2D eigenvalue weighted by atomic mass is 35.5. The zero-order chi connectivity index (χ0) is 13.9. The molecule has 0 aliphatic carbocycles. The molecule has 3 atom stereocenters. The fourth-order valence-electron chi connectivity index (χ4n) is 3.26. The van der Waals surface area contributed by atoms with E-state index in [1.807, 2.05) is 24.3 Å². The molecule has 4 nitrogen and oxygen atoms in total. The third-order valence-corrected chi connectivity index (χ3v) is 4.70. The maximum absolute atomic E-state index is 6.03. The van der Waals surface area contributed by atoms with Crippen molar-refractivity contribution >= 4 is 11.6 Å². The number of nitrogens with zero attached hydrogens (tertiary/aromatic N) is 1. The number of rotatable bonds is 4. The van der Waals surface area contributed by atoms with E-state index >= 15 is 0 Å². The fraction of sp³-hybridized carbons (Fsp3) is 0.600. The van der Waals surface area contributed by atoms with Crippen LogP contribution in [0, 0.1) is 0 Å². The first-order chi connectivity index (χ1) is 9.76. The Bertz CT molecular complexity index is 439. The van der Waals surface area contributed by atoms with Crippen molar-refractivity contribution in [3.63, 3.8) is 0 Å². The van der Waals surface area contributed by atoms with E-state index in [4.69, 9.17) is 22.2 Å². The number of fused-ring (bicyclic) bond motifs is 1. The van der Waals surface area contributed by atoms with Gasteiger partial charge in [0.25, 0.3) is 0 Å². The Labute approximate surface area is 125 Å². The highest BCUT2D eigenvalue weighted by molar-refractivity contribution is 6.30. The van der Waals surface area contributed by atoms with Gasteiger partial charge in [0.15, 0.2) is 0 Å². The number of morpholine rings is 1. The lowest BCUT2D eigenvalue weighted by molar-refractivity contribution is -0.0644. The van der Waals surface area contributed by atoms with E-state index in [1.54, 1.807) is 0 Å². The molecule has 0 amide bonds. The Kier molecular flexibility index (Phi) is 4.58. The number of halogens is 1. The number of nitrogens with one attached hydrogen (secondary N) is 1. The lowest BCUT2D eigenvalue weighted by atomic mass is 10.00. The van der Waals surface area contributed by atoms with Gasteiger partial charge in [0.05, 0.1) is 18.8 Å². The molecule has 3 unspecified atom stereocenters. The summed E-state index contributed by atoms with van der Waals surface area (Å²) in [4.78, 5) is 2.54. The Balaban J connectivity index is 1.62. The summed E-state index contributed by atoms with van der Waals surface area (Å²) in [5, 5.41) is 0.764. The van der Waals surface area contributed by atoms with E-state index < -0.39 is 0 Å². The van der Waals surface area contributed by atoms with Crippen LogP contribution in [0.1, 0.15) is 18.4 Å². The molecule has 20 heavy (non-hydrogen) atoms. The summed E-state index contributed by atoms with van der Waals surface area (Å²) >= 11 is 5.92. The SMILES string of the molecule is NNC(Cc1ccc(Cl)cc1)C1CN2CCCC2CO1. The van der Waals surface area contributed by atoms with Crippen molar-refractivity contribution in [3.8, 4) is 0 Å². The predicted molar refractivity (Wildman–Crippen MR) is 80.6 cm³/mol. The molecule has 2 heterocycles. The van der Waals surface area contributed by atoms with Gasteiger partial charge in [-0.05, 0) is 43.5 Å². The second-order valence-electron chi connectivity index (χ2n) is 5.77. The van der Waals surface area contributed by atoms with Crippen LogP contribution in [0.25, 0.3) is 0 Å². The van der Waals surface area contributed by atoms with Crippen LogP contribution in [0.15, 0.2) is 24.3 Å². The molecule has 0 spiro atoms. The molecule has 3 rings (SSSR count). The molecule has 0 bridgehead atoms. The van der Waals surface area contributed by atoms with Crippen molar-refractivity contribution in [1.29, 1.82) is 0 Å². The molecule has 0 radical (unpaired) electrons. The highest BCUT2D eigenvalue weighted by Gasteiger charge is 2.35. The minimum atomic E-state index is 0.137. The smallest absolute Gasteiger partial charge is 0.0872 e. The predicted octanol–water partition coefficient (Wildman–Crippen LogP) is 1.58. The van der Waals surface area contributed by atoms with E-state index in [0.29, 0.717) is 6.04 Å². The molecule has 0 aromatic heterocycles. The standard InChI is InChI=1S/C15H22ClN3O/c16-12-5-3-11(4-6-12)8-14(18-17)15-9-19-7-1-2-13(19)10-20-15/h3-6,13-15,18H,1-2,7-10,17H2. The van der Waals surface area contributed by atoms with Crippen LogP contribution in [0.2, 0.25) is 5.02 Å². The molecule has 2 aliphatic heterocycles. The molecule has 2 fully saturated rings. The molecule has 2 aliphatic rings. The second kappa shape index (κ2) is 6.41. The largest absolute Gasteiger partial charge is 0.374 e. The maximum Gasteiger partial charge on any atom is 0.0872 e. The van der Waals surface area contributed by atoms with Gasteiger partial charge in [0.1, 0.15) is 0 Å². The number of ether oxygens (including phenoxy) is 1. The van der Waals surface area contributed by atoms with Gasteiger partial charge in [-0.1, -0.05) is 23.7 Å². The Morgan fingerprint density at radius 2 is 2.20 bits per heavy atom. The molecule has 3 N–H and O–H groups in total. The van der Waals surface area contributed by atoms with Crippen molar-refractivity contribution in [2.24, 2.45) is 5.84 Å². The molecule has 0 saturated carbocycles. The summed E-state index contributed by atoms with van der Waals surface area (Å²) < 4.78 is 6.03. The van der Waals surface area contributed by atoms with E-state index in [2.05, 4.69) is 10.3 Å². The zero-order valence-electron chi connectivity index (χ0n) is 11.6. The van der Waals surface area contributed by atoms with Crippen LogP contribution in [0.4, 0.5) is 0 Å². The third kappa shape index (κ3) is 3.15. The average molecular weight is 296 g/mol. The van der Waals surface area contributed by atoms with Crippen LogP contribution in [0.5, 0.6) is 0 Å². The van der Waals surface area contributed by atoms with Gasteiger partial charge in [-0.2, -0.15) is 0 Å². The summed E-state index contributed by atoms with van der Waals surface area (Å²) in [5.41, 5.74) is 4.16. The summed E-state index contributed by atoms with van der Waals surface area (Å²) in [6, 6.07) is 8.70. The molecule has 1 aromatic carbocycles. The fourth-order valence-corrected chi connectivity index (χ4v) is 3.38. The number of hydrogen-bond donors (Lipinski definition) is 2. The quantitative estimate of drug-likeness (QED) is 0.654. The van der Waals surface area contributed by atoms with Gasteiger partial charge in [0.2, 0.25) is 0 Å². The van der Waals surface area contributed by atoms with Gasteiger partial charge >= 0.3 is 0 Å². The molecular weight excluding hydrogens is 274 g/mol. The molecule has 1 aromatic rings. The van der Waals surface area contributed by atoms with Crippen LogP contribution < -0.4 is 11.3 Å². The minimum Gasteiger partial charge on any atom is -0.374 e. The van der Waals surface area contributed by atoms with Gasteiger partial charge in [-0.3, -0.25) is 16.2 Å². The molecule has 2 saturated heterocycles. The normalized spacial score (nSPS) is 28.3. The van der Waals surface area contributed by atoms with Gasteiger partial charge in [-0.25, -0.2) is 0 Å². The van der Waals surface area contributed by atoms with Crippen molar-refractivity contribution in [2.75, 3.05) is 19.7 Å². The van der Waals surface area contributed by atoms with Crippen molar-refractivity contribution in [2.45, 2.75) is 37.5 Å². The zero-order valence-corrected chi connectivity index (χ0v) is 12.4. The van der Waals surface area contributed by atoms with E-state index in [1.165, 1.54) is 24.9 Å². The molecule has 110 valence electrons. The Morgan fingerprint density at radius 1 is 1.40 bits per heavy atom. The summed E-state index contributed by atoms with van der Waals surface area (Å²) in [5.74, 6) is 5.74. The van der Waals surface area contributed by atoms with Crippen LogP contribution in [0.3, 0.4) is 0 Å². The monoisotopic (exact) mass is 295 g/mol. The number of benzene rings is 1. The summed E-state index contributed by atoms with van der Waals surface area (Å²) in [7, 11) is 0. The Hall–Kier alpha value is -0.650. The molecular formula is C15H22ClN3O. The van der Waals surface area contributed by atoms with Crippen molar-refractivity contribution in [3.05, 3.63) is 34.9 Å². The first kappa shape index (κ1) is 14.3. The van der Waals surface area contributed by atoms with Gasteiger partial charge in [-0.15, -0.1) is 0 Å². The summed E-state index contributed by atoms with van der Waals surface area (Å²) in [6.45, 7) is 3.01. The Morgan fingerprint density at radius 3 is 2.95 bits per heavy atom. The van der Waals surface area contributed by atoms with E-state index in [0.717, 1.165) is 24.6 Å².